The van der Waals surface area contributed by atoms with Crippen molar-refractivity contribution in [1.29, 1.82) is 0 Å². The Hall–Kier alpha value is -9.33. The molecule has 0 bridgehead atoms. The zero-order valence-corrected chi connectivity index (χ0v) is 38.6. The average molecular weight is 913 g/mol. The lowest BCUT2D eigenvalue weighted by molar-refractivity contribution is 0.742. The van der Waals surface area contributed by atoms with Gasteiger partial charge in [0.1, 0.15) is 5.36 Å². The molecule has 2 aliphatic heterocycles. The van der Waals surface area contributed by atoms with E-state index in [-0.39, 0.29) is 0 Å². The summed E-state index contributed by atoms with van der Waals surface area (Å²) in [6, 6.07) is 92.3. The van der Waals surface area contributed by atoms with E-state index >= 15 is 4.32 Å². The molecule has 5 nitrogen and oxygen atoms in total. The highest BCUT2D eigenvalue weighted by molar-refractivity contribution is 6.58. The fourth-order valence-electron chi connectivity index (χ4n) is 10.4. The maximum absolute atomic E-state index is 18.5. The summed E-state index contributed by atoms with van der Waals surface area (Å²) < 4.78 is 22.1. The molecule has 1 aromatic heterocycles. The van der Waals surface area contributed by atoms with Crippen molar-refractivity contribution in [2.24, 2.45) is 4.99 Å². The Morgan fingerprint density at radius 2 is 0.775 bits per heavy atom. The molecule has 0 saturated heterocycles. The maximum Gasteiger partial charge on any atom is 0.727 e. The summed E-state index contributed by atoms with van der Waals surface area (Å²) in [6.45, 7) is 0. The second-order valence-electron chi connectivity index (χ2n) is 17.9. The van der Waals surface area contributed by atoms with Gasteiger partial charge in [-0.3, -0.25) is 8.79 Å². The van der Waals surface area contributed by atoms with Gasteiger partial charge in [0.05, 0.1) is 11.1 Å². The van der Waals surface area contributed by atoms with Crippen LogP contribution in [0.4, 0.5) is 44.3 Å². The summed E-state index contributed by atoms with van der Waals surface area (Å²) in [5.41, 5.74) is 15.0. The van der Waals surface area contributed by atoms with Crippen LogP contribution < -0.4 is 24.9 Å². The summed E-state index contributed by atoms with van der Waals surface area (Å²) in [6.07, 6.45) is 0. The third-order valence-electron chi connectivity index (χ3n) is 13.7. The molecular weight excluding hydrogens is 869 g/mol. The molecule has 0 fully saturated rings. The number of rotatable bonds is 10. The molecule has 0 amide bonds. The van der Waals surface area contributed by atoms with Crippen LogP contribution in [-0.2, 0) is 0 Å². The largest absolute Gasteiger partial charge is 0.727 e. The minimum Gasteiger partial charge on any atom is -0.311 e. The quantitative estimate of drug-likeness (QED) is 0.128. The molecule has 2 aliphatic rings. The highest BCUT2D eigenvalue weighted by atomic mass is 19.1. The molecule has 3 heterocycles. The Morgan fingerprint density at radius 3 is 1.25 bits per heavy atom. The van der Waals surface area contributed by atoms with Gasteiger partial charge in [-0.2, -0.15) is 0 Å². The Bertz CT molecular complexity index is 3830. The standard InChI is InChI=1S/C64H44BFN5/c66-65-70-59-43-49(45-31-37-55(38-32-45)68(51-23-11-3-12-24-51)52-25-13-4-14-26-52)35-41-57(59)61(47-19-7-1-8-20-47)63(70)67-64-62(48-21-9-2-10-22-48)58-42-36-50(44-60(58)71(64)65)46-33-39-56(40-34-46)69(53-27-15-5-16-28-53)54-29-17-6-18-30-54/h1-44H/q+1. The molecule has 0 atom stereocenters. The van der Waals surface area contributed by atoms with Gasteiger partial charge >= 0.3 is 13.1 Å². The van der Waals surface area contributed by atoms with E-state index in [1.165, 1.54) is 0 Å². The fraction of sp³-hybridized carbons (Fsp3) is 0. The summed E-state index contributed by atoms with van der Waals surface area (Å²) in [5, 5.41) is 2.65. The van der Waals surface area contributed by atoms with E-state index in [9.17, 15) is 0 Å². The van der Waals surface area contributed by atoms with Crippen LogP contribution in [0.25, 0.3) is 49.9 Å². The Balaban J connectivity index is 0.951. The minimum atomic E-state index is -1.61. The first kappa shape index (κ1) is 41.8. The van der Waals surface area contributed by atoms with Gasteiger partial charge < -0.3 is 9.80 Å². The van der Waals surface area contributed by atoms with Crippen LogP contribution >= 0.6 is 0 Å². The molecule has 11 aromatic rings. The Morgan fingerprint density at radius 1 is 0.380 bits per heavy atom. The van der Waals surface area contributed by atoms with Gasteiger partial charge in [0, 0.05) is 50.2 Å². The van der Waals surface area contributed by atoms with Crippen LogP contribution in [0, 0.1) is 0 Å². The highest BCUT2D eigenvalue weighted by Gasteiger charge is 2.49. The number of aliphatic imine (C=N–C) groups is 1. The predicted octanol–water partition coefficient (Wildman–Crippen LogP) is 14.8. The number of halogens is 1. The summed E-state index contributed by atoms with van der Waals surface area (Å²) >= 11 is 0. The lowest BCUT2D eigenvalue weighted by atomic mass is 9.97. The van der Waals surface area contributed by atoms with E-state index in [0.717, 1.165) is 100 Å². The molecule has 0 aliphatic carbocycles. The molecule has 10 aromatic carbocycles. The number of para-hydroxylation sites is 4. The van der Waals surface area contributed by atoms with E-state index in [1.807, 2.05) is 60.7 Å². The van der Waals surface area contributed by atoms with Gasteiger partial charge in [-0.1, -0.05) is 176 Å². The number of anilines is 6. The van der Waals surface area contributed by atoms with Crippen molar-refractivity contribution < 1.29 is 4.32 Å². The van der Waals surface area contributed by atoms with E-state index < -0.39 is 7.26 Å². The fourth-order valence-corrected chi connectivity index (χ4v) is 10.4. The molecule has 7 heteroatoms. The lowest BCUT2D eigenvalue weighted by Crippen LogP contribution is -2.49. The second-order valence-corrected chi connectivity index (χ2v) is 17.9. The lowest BCUT2D eigenvalue weighted by Gasteiger charge is -2.25. The first-order chi connectivity index (χ1) is 35.2. The number of hydrogen-bond donors (Lipinski definition) is 0. The molecule has 0 spiro atoms. The van der Waals surface area contributed by atoms with Gasteiger partial charge in [0.15, 0.2) is 0 Å². The number of amidine groups is 1. The number of fused-ring (bicyclic) bond motifs is 5. The smallest absolute Gasteiger partial charge is 0.311 e. The van der Waals surface area contributed by atoms with Crippen LogP contribution in [0.5, 0.6) is 0 Å². The van der Waals surface area contributed by atoms with Crippen molar-refractivity contribution in [1.82, 2.24) is 8.96 Å². The van der Waals surface area contributed by atoms with E-state index in [4.69, 9.17) is 4.99 Å². The van der Waals surface area contributed by atoms with E-state index in [2.05, 4.69) is 216 Å². The van der Waals surface area contributed by atoms with Gasteiger partial charge in [0.25, 0.3) is 0 Å². The topological polar surface area (TPSA) is 26.8 Å². The Labute approximate surface area is 412 Å². The SMILES string of the molecule is FB1n2c(c(-c3ccccc3)c3ccc(-c4ccc(N(c5ccccc5)c5ccccc5)cc4)cc32)N=C2C(c3ccccc3)=c3ccc(-c4ccc(N(c5ccccc5)c5ccccc5)cc4)cc3=[N+]12. The molecule has 0 saturated carbocycles. The van der Waals surface area contributed by atoms with Gasteiger partial charge in [-0.15, -0.1) is 0 Å². The van der Waals surface area contributed by atoms with Crippen LogP contribution in [0.2, 0.25) is 0 Å². The van der Waals surface area contributed by atoms with Gasteiger partial charge in [-0.05, 0) is 129 Å². The first-order valence-corrected chi connectivity index (χ1v) is 24.0. The second kappa shape index (κ2) is 17.6. The van der Waals surface area contributed by atoms with E-state index in [0.29, 0.717) is 11.7 Å². The van der Waals surface area contributed by atoms with Gasteiger partial charge in [0.2, 0.25) is 5.82 Å². The van der Waals surface area contributed by atoms with Crippen molar-refractivity contribution >= 4 is 69.5 Å². The number of nitrogens with zero attached hydrogens (tertiary/aromatic N) is 5. The van der Waals surface area contributed by atoms with Crippen LogP contribution in [0.3, 0.4) is 0 Å². The van der Waals surface area contributed by atoms with Crippen molar-refractivity contribution in [2.75, 3.05) is 9.80 Å². The molecule has 13 rings (SSSR count). The van der Waals surface area contributed by atoms with Crippen LogP contribution in [-0.4, -0.2) is 17.6 Å². The highest BCUT2D eigenvalue weighted by Crippen LogP contribution is 2.45. The molecule has 0 unspecified atom stereocenters. The number of hydrogen-bond acceptors (Lipinski definition) is 3. The molecule has 71 heavy (non-hydrogen) atoms. The zero-order valence-electron chi connectivity index (χ0n) is 38.6. The predicted molar refractivity (Wildman–Crippen MR) is 293 cm³/mol. The third kappa shape index (κ3) is 7.34. The van der Waals surface area contributed by atoms with Crippen molar-refractivity contribution in [2.45, 2.75) is 0 Å². The normalized spacial score (nSPS) is 12.6. The summed E-state index contributed by atoms with van der Waals surface area (Å²) in [5.74, 6) is 1.19. The monoisotopic (exact) mass is 912 g/mol. The number of aromatic nitrogens is 1. The van der Waals surface area contributed by atoms with Gasteiger partial charge in [-0.25, -0.2) is 4.49 Å². The van der Waals surface area contributed by atoms with Crippen molar-refractivity contribution in [3.63, 3.8) is 0 Å². The van der Waals surface area contributed by atoms with Crippen LogP contribution in [0.1, 0.15) is 5.56 Å². The molecule has 0 N–H and O–H groups in total. The van der Waals surface area contributed by atoms with Crippen molar-refractivity contribution in [3.8, 4) is 33.4 Å². The van der Waals surface area contributed by atoms with Crippen molar-refractivity contribution in [3.05, 3.63) is 283 Å². The summed E-state index contributed by atoms with van der Waals surface area (Å²) in [7, 11) is -1.61. The summed E-state index contributed by atoms with van der Waals surface area (Å²) in [4.78, 5) is 10.1. The zero-order chi connectivity index (χ0) is 47.3. The number of benzene rings is 10. The maximum atomic E-state index is 18.5. The first-order valence-electron chi connectivity index (χ1n) is 24.0. The third-order valence-corrected chi connectivity index (χ3v) is 13.7. The molecular formula is C64H44BFN5+. The Kier molecular flexibility index (Phi) is 10.4. The molecule has 0 radical (unpaired) electrons. The average Bonchev–Trinajstić information content (AvgIpc) is 3.95. The van der Waals surface area contributed by atoms with Crippen LogP contribution in [0.15, 0.2) is 272 Å². The van der Waals surface area contributed by atoms with E-state index in [1.54, 1.807) is 8.96 Å². The minimum absolute atomic E-state index is 0.595. The molecule has 334 valence electrons.